The van der Waals surface area contributed by atoms with Gasteiger partial charge in [-0.15, -0.1) is 12.4 Å². The summed E-state index contributed by atoms with van der Waals surface area (Å²) in [7, 11) is 0. The Morgan fingerprint density at radius 2 is 2.30 bits per heavy atom. The number of anilines is 1. The quantitative estimate of drug-likeness (QED) is 0.828. The first-order chi connectivity index (χ1) is 10.6. The Bertz CT molecular complexity index is 507. The number of piperidine rings is 1. The van der Waals surface area contributed by atoms with Gasteiger partial charge in [0.1, 0.15) is 0 Å². The Hall–Kier alpha value is -1.33. The third-order valence-corrected chi connectivity index (χ3v) is 4.16. The minimum Gasteiger partial charge on any atom is -0.491 e. The molecule has 1 aromatic carbocycles. The van der Waals surface area contributed by atoms with Gasteiger partial charge in [-0.1, -0.05) is 6.92 Å². The van der Waals surface area contributed by atoms with E-state index in [9.17, 15) is 9.18 Å². The molecule has 1 aliphatic rings. The molecule has 2 atom stereocenters. The van der Waals surface area contributed by atoms with E-state index >= 15 is 0 Å². The van der Waals surface area contributed by atoms with Crippen LogP contribution in [-0.4, -0.2) is 25.6 Å². The third-order valence-electron chi connectivity index (χ3n) is 4.16. The standard InChI is InChI=1S/C17H25FN2O2.ClH/c1-3-22-16-7-6-14(10-15(16)18)20-17(21)9-12(2)13-5-4-8-19-11-13;/h6-7,10,12-13,19H,3-5,8-9,11H2,1-2H3,(H,20,21);1H. The molecule has 2 rings (SSSR count). The second-order valence-electron chi connectivity index (χ2n) is 5.91. The maximum Gasteiger partial charge on any atom is 0.224 e. The lowest BCUT2D eigenvalue weighted by Crippen LogP contribution is -2.34. The zero-order valence-corrected chi connectivity index (χ0v) is 14.5. The van der Waals surface area contributed by atoms with Crippen molar-refractivity contribution in [1.82, 2.24) is 5.32 Å². The smallest absolute Gasteiger partial charge is 0.224 e. The summed E-state index contributed by atoms with van der Waals surface area (Å²) in [4.78, 5) is 12.1. The number of rotatable bonds is 6. The first-order valence-corrected chi connectivity index (χ1v) is 8.03. The summed E-state index contributed by atoms with van der Waals surface area (Å²) in [6.45, 7) is 6.37. The number of carbonyl (C=O) groups is 1. The van der Waals surface area contributed by atoms with Gasteiger partial charge in [-0.2, -0.15) is 0 Å². The molecule has 1 aromatic rings. The monoisotopic (exact) mass is 344 g/mol. The van der Waals surface area contributed by atoms with Crippen molar-refractivity contribution in [3.05, 3.63) is 24.0 Å². The number of hydrogen-bond donors (Lipinski definition) is 2. The van der Waals surface area contributed by atoms with Crippen LogP contribution in [0, 0.1) is 17.7 Å². The van der Waals surface area contributed by atoms with E-state index in [0.29, 0.717) is 30.6 Å². The van der Waals surface area contributed by atoms with Crippen LogP contribution >= 0.6 is 12.4 Å². The fraction of sp³-hybridized carbons (Fsp3) is 0.588. The van der Waals surface area contributed by atoms with Crippen molar-refractivity contribution in [3.8, 4) is 5.75 Å². The molecule has 0 bridgehead atoms. The molecular weight excluding hydrogens is 319 g/mol. The molecule has 1 amide bonds. The molecule has 0 saturated carbocycles. The molecule has 0 aromatic heterocycles. The van der Waals surface area contributed by atoms with E-state index in [-0.39, 0.29) is 24.1 Å². The van der Waals surface area contributed by atoms with Crippen LogP contribution in [0.2, 0.25) is 0 Å². The summed E-state index contributed by atoms with van der Waals surface area (Å²) in [6.07, 6.45) is 2.79. The van der Waals surface area contributed by atoms with Gasteiger partial charge in [-0.3, -0.25) is 4.79 Å². The third kappa shape index (κ3) is 5.99. The first kappa shape index (κ1) is 19.7. The second kappa shape index (κ2) is 9.73. The SMILES string of the molecule is CCOc1ccc(NC(=O)CC(C)C2CCCNC2)cc1F.Cl. The van der Waals surface area contributed by atoms with Crippen LogP contribution in [0.4, 0.5) is 10.1 Å². The molecular formula is C17H26ClFN2O2. The molecule has 4 nitrogen and oxygen atoms in total. The summed E-state index contributed by atoms with van der Waals surface area (Å²) < 4.78 is 18.9. The van der Waals surface area contributed by atoms with Gasteiger partial charge >= 0.3 is 0 Å². The zero-order valence-electron chi connectivity index (χ0n) is 13.7. The van der Waals surface area contributed by atoms with E-state index in [4.69, 9.17) is 4.74 Å². The lowest BCUT2D eigenvalue weighted by atomic mass is 9.85. The number of amides is 1. The molecule has 1 aliphatic heterocycles. The summed E-state index contributed by atoms with van der Waals surface area (Å²) >= 11 is 0. The first-order valence-electron chi connectivity index (χ1n) is 8.03. The zero-order chi connectivity index (χ0) is 15.9. The summed E-state index contributed by atoms with van der Waals surface area (Å²) in [6, 6.07) is 4.51. The van der Waals surface area contributed by atoms with Crippen LogP contribution in [0.25, 0.3) is 0 Å². The highest BCUT2D eigenvalue weighted by molar-refractivity contribution is 5.90. The van der Waals surface area contributed by atoms with Crippen molar-refractivity contribution in [2.75, 3.05) is 25.0 Å². The Labute approximate surface area is 143 Å². The number of ether oxygens (including phenoxy) is 1. The molecule has 1 heterocycles. The Balaban J connectivity index is 0.00000264. The number of hydrogen-bond acceptors (Lipinski definition) is 3. The van der Waals surface area contributed by atoms with E-state index < -0.39 is 5.82 Å². The van der Waals surface area contributed by atoms with E-state index in [1.165, 1.54) is 18.9 Å². The maximum atomic E-state index is 13.8. The van der Waals surface area contributed by atoms with Crippen molar-refractivity contribution in [2.24, 2.45) is 11.8 Å². The highest BCUT2D eigenvalue weighted by Crippen LogP contribution is 2.24. The topological polar surface area (TPSA) is 50.4 Å². The summed E-state index contributed by atoms with van der Waals surface area (Å²) in [5.41, 5.74) is 0.472. The number of halogens is 2. The molecule has 2 N–H and O–H groups in total. The van der Waals surface area contributed by atoms with Crippen LogP contribution in [0.5, 0.6) is 5.75 Å². The van der Waals surface area contributed by atoms with Crippen molar-refractivity contribution >= 4 is 24.0 Å². The van der Waals surface area contributed by atoms with Gasteiger partial charge in [-0.05, 0) is 56.8 Å². The molecule has 6 heteroatoms. The molecule has 1 saturated heterocycles. The lowest BCUT2D eigenvalue weighted by Gasteiger charge is -2.28. The fourth-order valence-electron chi connectivity index (χ4n) is 2.89. The van der Waals surface area contributed by atoms with Gasteiger partial charge in [0.05, 0.1) is 6.61 Å². The average molecular weight is 345 g/mol. The molecule has 0 spiro atoms. The van der Waals surface area contributed by atoms with Crippen LogP contribution < -0.4 is 15.4 Å². The van der Waals surface area contributed by atoms with Gasteiger partial charge in [0, 0.05) is 18.2 Å². The number of benzene rings is 1. The van der Waals surface area contributed by atoms with Crippen LogP contribution in [0.3, 0.4) is 0 Å². The minimum absolute atomic E-state index is 0. The Morgan fingerprint density at radius 3 is 2.91 bits per heavy atom. The van der Waals surface area contributed by atoms with Crippen molar-refractivity contribution in [3.63, 3.8) is 0 Å². The highest BCUT2D eigenvalue weighted by Gasteiger charge is 2.22. The van der Waals surface area contributed by atoms with Gasteiger partial charge in [-0.25, -0.2) is 4.39 Å². The van der Waals surface area contributed by atoms with Crippen molar-refractivity contribution in [1.29, 1.82) is 0 Å². The van der Waals surface area contributed by atoms with Crippen LogP contribution in [-0.2, 0) is 4.79 Å². The van der Waals surface area contributed by atoms with Crippen LogP contribution in [0.1, 0.15) is 33.1 Å². The number of nitrogens with one attached hydrogen (secondary N) is 2. The molecule has 1 fully saturated rings. The predicted molar refractivity (Wildman–Crippen MR) is 92.8 cm³/mol. The van der Waals surface area contributed by atoms with E-state index in [2.05, 4.69) is 17.6 Å². The van der Waals surface area contributed by atoms with Gasteiger partial charge < -0.3 is 15.4 Å². The maximum absolute atomic E-state index is 13.8. The summed E-state index contributed by atoms with van der Waals surface area (Å²) in [5.74, 6) is 0.546. The Kier molecular flexibility index (Phi) is 8.34. The average Bonchev–Trinajstić information content (AvgIpc) is 2.51. The van der Waals surface area contributed by atoms with Gasteiger partial charge in [0.15, 0.2) is 11.6 Å². The second-order valence-corrected chi connectivity index (χ2v) is 5.91. The van der Waals surface area contributed by atoms with Gasteiger partial charge in [0.2, 0.25) is 5.91 Å². The number of carbonyl (C=O) groups excluding carboxylic acids is 1. The predicted octanol–water partition coefficient (Wildman–Crippen LogP) is 3.61. The van der Waals surface area contributed by atoms with E-state index in [0.717, 1.165) is 13.1 Å². The molecule has 23 heavy (non-hydrogen) atoms. The van der Waals surface area contributed by atoms with Crippen molar-refractivity contribution < 1.29 is 13.9 Å². The van der Waals surface area contributed by atoms with Crippen molar-refractivity contribution in [2.45, 2.75) is 33.1 Å². The van der Waals surface area contributed by atoms with E-state index in [1.54, 1.807) is 19.1 Å². The van der Waals surface area contributed by atoms with E-state index in [1.807, 2.05) is 0 Å². The molecule has 130 valence electrons. The molecule has 2 unspecified atom stereocenters. The van der Waals surface area contributed by atoms with Gasteiger partial charge in [0.25, 0.3) is 0 Å². The highest BCUT2D eigenvalue weighted by atomic mass is 35.5. The largest absolute Gasteiger partial charge is 0.491 e. The molecule has 0 radical (unpaired) electrons. The molecule has 0 aliphatic carbocycles. The Morgan fingerprint density at radius 1 is 1.52 bits per heavy atom. The van der Waals surface area contributed by atoms with Crippen LogP contribution in [0.15, 0.2) is 18.2 Å². The summed E-state index contributed by atoms with van der Waals surface area (Å²) in [5, 5.41) is 6.14. The fourth-order valence-corrected chi connectivity index (χ4v) is 2.89. The normalized spacial score (nSPS) is 18.7. The lowest BCUT2D eigenvalue weighted by molar-refractivity contribution is -0.117. The minimum atomic E-state index is -0.454.